The van der Waals surface area contributed by atoms with Crippen molar-refractivity contribution in [3.63, 3.8) is 0 Å². The first-order chi connectivity index (χ1) is 16.5. The minimum absolute atomic E-state index is 0.0510. The number of nitrogens with one attached hydrogen (secondary N) is 1. The molecule has 0 aliphatic carbocycles. The van der Waals surface area contributed by atoms with E-state index in [-0.39, 0.29) is 30.3 Å². The maximum atomic E-state index is 13.1. The smallest absolute Gasteiger partial charge is 0.258 e. The van der Waals surface area contributed by atoms with Gasteiger partial charge in [-0.2, -0.15) is 0 Å². The number of aromatic nitrogens is 2. The molecule has 2 heterocycles. The van der Waals surface area contributed by atoms with Crippen LogP contribution in [-0.2, 0) is 16.1 Å². The Kier molecular flexibility index (Phi) is 5.65. The van der Waals surface area contributed by atoms with Crippen LogP contribution in [0.4, 0.5) is 5.69 Å². The van der Waals surface area contributed by atoms with E-state index in [1.165, 1.54) is 4.90 Å². The van der Waals surface area contributed by atoms with Crippen molar-refractivity contribution in [1.29, 1.82) is 0 Å². The molecule has 8 heteroatoms. The molecule has 0 unspecified atom stereocenters. The first kappa shape index (κ1) is 21.5. The number of rotatable bonds is 6. The lowest BCUT2D eigenvalue weighted by Crippen LogP contribution is -2.40. The molecule has 4 aromatic rings. The molecule has 1 aromatic heterocycles. The Bertz CT molecular complexity index is 1420. The molecule has 0 spiro atoms. The minimum atomic E-state index is -0.649. The minimum Gasteiger partial charge on any atom is -0.457 e. The standard InChI is InChI=1S/C26H22N4O4/c1-29(16-23-27-21-10-6-5-9-20(21)25(32)28-23)22-15-24(31)30(26(22)33)17-11-13-19(14-12-17)34-18-7-3-2-4-8-18/h2-14,22H,15-16H2,1H3,(H,27,28,32)/t22-/m0/s1. The fraction of sp³-hybridized carbons (Fsp3) is 0.154. The number of benzene rings is 3. The predicted octanol–water partition coefficient (Wildman–Crippen LogP) is 3.48. The summed E-state index contributed by atoms with van der Waals surface area (Å²) in [5.74, 6) is 1.15. The molecular weight excluding hydrogens is 432 g/mol. The van der Waals surface area contributed by atoms with Crippen molar-refractivity contribution in [2.24, 2.45) is 0 Å². The summed E-state index contributed by atoms with van der Waals surface area (Å²) in [6, 6.07) is 22.6. The number of carbonyl (C=O) groups excluding carboxylic acids is 2. The molecule has 1 saturated heterocycles. The average Bonchev–Trinajstić information content (AvgIpc) is 3.14. The summed E-state index contributed by atoms with van der Waals surface area (Å²) in [5.41, 5.74) is 0.841. The lowest BCUT2D eigenvalue weighted by Gasteiger charge is -2.22. The van der Waals surface area contributed by atoms with Crippen molar-refractivity contribution in [2.75, 3.05) is 11.9 Å². The van der Waals surface area contributed by atoms with Crippen molar-refractivity contribution in [3.05, 3.63) is 95.0 Å². The van der Waals surface area contributed by atoms with Gasteiger partial charge in [-0.3, -0.25) is 19.3 Å². The monoisotopic (exact) mass is 454 g/mol. The third-order valence-electron chi connectivity index (χ3n) is 5.79. The number of imide groups is 1. The van der Waals surface area contributed by atoms with Gasteiger partial charge in [-0.05, 0) is 55.6 Å². The number of carbonyl (C=O) groups is 2. The molecule has 3 aromatic carbocycles. The fourth-order valence-electron chi connectivity index (χ4n) is 4.08. The van der Waals surface area contributed by atoms with Gasteiger partial charge >= 0.3 is 0 Å². The van der Waals surface area contributed by atoms with Crippen LogP contribution in [0.1, 0.15) is 12.2 Å². The molecule has 1 atom stereocenters. The molecule has 0 bridgehead atoms. The highest BCUT2D eigenvalue weighted by Crippen LogP contribution is 2.29. The number of anilines is 1. The molecule has 0 radical (unpaired) electrons. The molecule has 1 N–H and O–H groups in total. The molecule has 1 aliphatic rings. The first-order valence-corrected chi connectivity index (χ1v) is 10.9. The number of likely N-dealkylation sites (N-methyl/N-ethyl adjacent to an activating group) is 1. The topological polar surface area (TPSA) is 95.6 Å². The Morgan fingerprint density at radius 1 is 0.941 bits per heavy atom. The number of aromatic amines is 1. The van der Waals surface area contributed by atoms with Gasteiger partial charge in [0.2, 0.25) is 5.91 Å². The number of hydrogen-bond donors (Lipinski definition) is 1. The number of H-pyrrole nitrogens is 1. The molecule has 5 rings (SSSR count). The molecule has 34 heavy (non-hydrogen) atoms. The van der Waals surface area contributed by atoms with E-state index in [0.29, 0.717) is 33.9 Å². The van der Waals surface area contributed by atoms with Gasteiger partial charge in [0, 0.05) is 0 Å². The summed E-state index contributed by atoms with van der Waals surface area (Å²) in [6.07, 6.45) is 0.0510. The zero-order valence-corrected chi connectivity index (χ0v) is 18.5. The van der Waals surface area contributed by atoms with E-state index < -0.39 is 6.04 Å². The van der Waals surface area contributed by atoms with Gasteiger partial charge < -0.3 is 9.72 Å². The number of para-hydroxylation sites is 2. The predicted molar refractivity (Wildman–Crippen MR) is 128 cm³/mol. The van der Waals surface area contributed by atoms with Crippen molar-refractivity contribution in [1.82, 2.24) is 14.9 Å². The van der Waals surface area contributed by atoms with E-state index in [9.17, 15) is 14.4 Å². The Balaban J connectivity index is 1.30. The van der Waals surface area contributed by atoms with Crippen molar-refractivity contribution in [2.45, 2.75) is 19.0 Å². The van der Waals surface area contributed by atoms with Crippen LogP contribution in [0.3, 0.4) is 0 Å². The van der Waals surface area contributed by atoms with Crippen LogP contribution < -0.4 is 15.2 Å². The van der Waals surface area contributed by atoms with Crippen molar-refractivity contribution < 1.29 is 14.3 Å². The van der Waals surface area contributed by atoms with Crippen LogP contribution in [0.15, 0.2) is 83.7 Å². The SMILES string of the molecule is CN(Cc1nc2ccccc2c(=O)[nH]1)[C@H]1CC(=O)N(c2ccc(Oc3ccccc3)cc2)C1=O. The van der Waals surface area contributed by atoms with Crippen molar-refractivity contribution >= 4 is 28.4 Å². The number of ether oxygens (including phenoxy) is 1. The quantitative estimate of drug-likeness (QED) is 0.448. The maximum Gasteiger partial charge on any atom is 0.258 e. The summed E-state index contributed by atoms with van der Waals surface area (Å²) in [4.78, 5) is 48.4. The lowest BCUT2D eigenvalue weighted by atomic mass is 10.2. The third kappa shape index (κ3) is 4.18. The molecule has 0 saturated carbocycles. The van der Waals surface area contributed by atoms with E-state index in [1.54, 1.807) is 54.4 Å². The fourth-order valence-corrected chi connectivity index (χ4v) is 4.08. The van der Waals surface area contributed by atoms with Crippen LogP contribution in [0.25, 0.3) is 10.9 Å². The molecule has 8 nitrogen and oxygen atoms in total. The van der Waals surface area contributed by atoms with E-state index in [2.05, 4.69) is 9.97 Å². The second kappa shape index (κ2) is 8.92. The van der Waals surface area contributed by atoms with Gasteiger partial charge in [0.05, 0.1) is 35.6 Å². The molecule has 1 aliphatic heterocycles. The first-order valence-electron chi connectivity index (χ1n) is 10.9. The van der Waals surface area contributed by atoms with E-state index in [0.717, 1.165) is 0 Å². The van der Waals surface area contributed by atoms with Crippen LogP contribution in [-0.4, -0.2) is 39.8 Å². The Labute approximate surface area is 195 Å². The summed E-state index contributed by atoms with van der Waals surface area (Å²) in [7, 11) is 1.74. The zero-order valence-electron chi connectivity index (χ0n) is 18.5. The van der Waals surface area contributed by atoms with Gasteiger partial charge in [-0.1, -0.05) is 30.3 Å². The highest BCUT2D eigenvalue weighted by molar-refractivity contribution is 6.22. The molecule has 170 valence electrons. The lowest BCUT2D eigenvalue weighted by molar-refractivity contribution is -0.122. The van der Waals surface area contributed by atoms with Gasteiger partial charge in [-0.25, -0.2) is 9.88 Å². The van der Waals surface area contributed by atoms with Gasteiger partial charge in [0.1, 0.15) is 17.3 Å². The second-order valence-corrected chi connectivity index (χ2v) is 8.14. The van der Waals surface area contributed by atoms with Gasteiger partial charge in [-0.15, -0.1) is 0 Å². The number of hydrogen-bond acceptors (Lipinski definition) is 6. The van der Waals surface area contributed by atoms with E-state index in [4.69, 9.17) is 4.74 Å². The highest BCUT2D eigenvalue weighted by Gasteiger charge is 2.41. The van der Waals surface area contributed by atoms with Crippen LogP contribution >= 0.6 is 0 Å². The van der Waals surface area contributed by atoms with E-state index >= 15 is 0 Å². The number of fused-ring (bicyclic) bond motifs is 1. The van der Waals surface area contributed by atoms with Crippen molar-refractivity contribution in [3.8, 4) is 11.5 Å². The van der Waals surface area contributed by atoms with Gasteiger partial charge in [0.15, 0.2) is 0 Å². The zero-order chi connectivity index (χ0) is 23.7. The summed E-state index contributed by atoms with van der Waals surface area (Å²) < 4.78 is 5.78. The Hall–Kier alpha value is -4.30. The van der Waals surface area contributed by atoms with Crippen LogP contribution in [0.5, 0.6) is 11.5 Å². The Morgan fingerprint density at radius 3 is 2.38 bits per heavy atom. The highest BCUT2D eigenvalue weighted by atomic mass is 16.5. The Morgan fingerprint density at radius 2 is 1.62 bits per heavy atom. The summed E-state index contributed by atoms with van der Waals surface area (Å²) in [6.45, 7) is 0.224. The average molecular weight is 454 g/mol. The normalized spacial score (nSPS) is 15.9. The van der Waals surface area contributed by atoms with Crippen LogP contribution in [0, 0.1) is 0 Å². The molecule has 1 fully saturated rings. The second-order valence-electron chi connectivity index (χ2n) is 8.14. The summed E-state index contributed by atoms with van der Waals surface area (Å²) in [5, 5.41) is 0.506. The molecular formula is C26H22N4O4. The van der Waals surface area contributed by atoms with Crippen LogP contribution in [0.2, 0.25) is 0 Å². The van der Waals surface area contributed by atoms with Gasteiger partial charge in [0.25, 0.3) is 11.5 Å². The molecule has 2 amide bonds. The number of amides is 2. The maximum absolute atomic E-state index is 13.1. The van der Waals surface area contributed by atoms with E-state index in [1.807, 2.05) is 36.4 Å². The number of nitrogens with zero attached hydrogens (tertiary/aromatic N) is 3. The largest absolute Gasteiger partial charge is 0.457 e. The summed E-state index contributed by atoms with van der Waals surface area (Å²) >= 11 is 0. The third-order valence-corrected chi connectivity index (χ3v) is 5.79.